The van der Waals surface area contributed by atoms with Crippen molar-refractivity contribution in [3.63, 3.8) is 0 Å². The van der Waals surface area contributed by atoms with Crippen LogP contribution in [0.1, 0.15) is 41.4 Å². The Kier molecular flexibility index (Phi) is 21.5. The summed E-state index contributed by atoms with van der Waals surface area (Å²) in [5.74, 6) is -3.97. The molecule has 18 nitrogen and oxygen atoms in total. The van der Waals surface area contributed by atoms with E-state index in [1.165, 1.54) is 0 Å². The Morgan fingerprint density at radius 1 is 0.547 bits per heavy atom. The number of nitrogens with one attached hydrogen (secondary N) is 5. The Balaban J connectivity index is 2.52. The molecule has 0 saturated heterocycles. The lowest BCUT2D eigenvalue weighted by Crippen LogP contribution is -2.48. The fourth-order valence-corrected chi connectivity index (χ4v) is 13.0. The summed E-state index contributed by atoms with van der Waals surface area (Å²) in [4.78, 5) is 66.8. The molecule has 5 unspecified atom stereocenters. The van der Waals surface area contributed by atoms with E-state index in [-0.39, 0.29) is 48.8 Å². The van der Waals surface area contributed by atoms with E-state index in [4.69, 9.17) is 5.11 Å². The lowest BCUT2D eigenvalue weighted by molar-refractivity contribution is -0.115. The molecule has 5 amide bonds. The van der Waals surface area contributed by atoms with Crippen molar-refractivity contribution in [3.8, 4) is 0 Å². The zero-order valence-corrected chi connectivity index (χ0v) is 39.7. The van der Waals surface area contributed by atoms with Crippen LogP contribution in [0.4, 0.5) is 5.69 Å². The van der Waals surface area contributed by atoms with Gasteiger partial charge in [0.1, 0.15) is 0 Å². The molecule has 0 radical (unpaired) electrons. The first kappa shape index (κ1) is 49.0. The molecule has 0 aliphatic carbocycles. The van der Waals surface area contributed by atoms with Crippen LogP contribution in [0.15, 0.2) is 6.07 Å². The van der Waals surface area contributed by atoms with Crippen molar-refractivity contribution in [2.75, 3.05) is 51.4 Å². The monoisotopic (exact) mass is 1420 g/mol. The molecule has 2 aromatic rings. The van der Waals surface area contributed by atoms with Gasteiger partial charge in [-0.2, -0.15) is 0 Å². The molecule has 0 aliphatic rings. The highest BCUT2D eigenvalue weighted by atomic mass is 127. The first-order valence-electron chi connectivity index (χ1n) is 14.8. The topological polar surface area (TPSA) is 307 Å². The van der Waals surface area contributed by atoms with Gasteiger partial charge in [-0.1, -0.05) is 0 Å². The van der Waals surface area contributed by atoms with Crippen molar-refractivity contribution in [2.24, 2.45) is 0 Å². The second kappa shape index (κ2) is 23.3. The van der Waals surface area contributed by atoms with Crippen LogP contribution in [0.2, 0.25) is 0 Å². The van der Waals surface area contributed by atoms with Crippen molar-refractivity contribution in [1.29, 1.82) is 0 Å². The number of carbonyl (C=O) groups is 5. The quantitative estimate of drug-likeness (QED) is 0.0770. The van der Waals surface area contributed by atoms with Gasteiger partial charge in [0, 0.05) is 20.8 Å². The second-order valence-corrected chi connectivity index (χ2v) is 17.4. The van der Waals surface area contributed by atoms with Gasteiger partial charge in [-0.05, 0) is 142 Å². The molecular formula is C29H33I6N5O13. The highest BCUT2D eigenvalue weighted by Crippen LogP contribution is 2.36. The van der Waals surface area contributed by atoms with Gasteiger partial charge in [0.25, 0.3) is 23.6 Å². The third-order valence-electron chi connectivity index (χ3n) is 7.11. The SMILES string of the molecule is O=C(CNC(=O)c1c(I)cc(I)c(C(=O)NCC(O)CO)c1I)Nc1c(I)c(C(=O)NC(CO)C(O)CO)c(I)c(C(=O)NC(CO)C(O)CO)c1I. The fraction of sp³-hybridized carbons (Fsp3) is 0.414. The van der Waals surface area contributed by atoms with E-state index < -0.39 is 99.5 Å². The Morgan fingerprint density at radius 2 is 0.962 bits per heavy atom. The number of aliphatic hydroxyl groups is 8. The maximum atomic E-state index is 13.6. The molecule has 0 aliphatic heterocycles. The Labute approximate surface area is 383 Å². The fourth-order valence-electron chi connectivity index (χ4n) is 4.24. The number of benzene rings is 2. The summed E-state index contributed by atoms with van der Waals surface area (Å²) in [6.07, 6.45) is -4.30. The molecule has 2 rings (SSSR count). The number of hydrogen-bond donors (Lipinski definition) is 13. The summed E-state index contributed by atoms with van der Waals surface area (Å²) in [6, 6.07) is -1.08. The molecule has 0 aromatic heterocycles. The minimum absolute atomic E-state index is 0.0247. The number of carbonyl (C=O) groups excluding carboxylic acids is 5. The molecule has 0 heterocycles. The maximum absolute atomic E-state index is 13.6. The highest BCUT2D eigenvalue weighted by Gasteiger charge is 2.32. The van der Waals surface area contributed by atoms with Crippen molar-refractivity contribution in [2.45, 2.75) is 30.4 Å². The summed E-state index contributed by atoms with van der Waals surface area (Å²) >= 11 is 10.8. The van der Waals surface area contributed by atoms with Crippen LogP contribution in [-0.2, 0) is 4.79 Å². The predicted molar refractivity (Wildman–Crippen MR) is 238 cm³/mol. The summed E-state index contributed by atoms with van der Waals surface area (Å²) in [5.41, 5.74) is -0.229. The Hall–Kier alpha value is -0.150. The van der Waals surface area contributed by atoms with E-state index in [1.807, 2.05) is 67.8 Å². The normalized spacial score (nSPS) is 14.0. The smallest absolute Gasteiger partial charge is 0.253 e. The molecule has 24 heteroatoms. The van der Waals surface area contributed by atoms with Gasteiger partial charge in [-0.15, -0.1) is 0 Å². The molecule has 13 N–H and O–H groups in total. The first-order valence-corrected chi connectivity index (χ1v) is 21.3. The Bertz CT molecular complexity index is 1650. The highest BCUT2D eigenvalue weighted by molar-refractivity contribution is 14.1. The van der Waals surface area contributed by atoms with Gasteiger partial charge >= 0.3 is 0 Å². The zero-order valence-electron chi connectivity index (χ0n) is 26.8. The van der Waals surface area contributed by atoms with E-state index in [0.29, 0.717) is 7.14 Å². The van der Waals surface area contributed by atoms with Crippen molar-refractivity contribution < 1.29 is 64.8 Å². The summed E-state index contributed by atoms with van der Waals surface area (Å²) in [6.45, 7) is -4.58. The third-order valence-corrected chi connectivity index (χ3v) is 13.1. The van der Waals surface area contributed by atoms with E-state index in [1.54, 1.807) is 73.8 Å². The maximum Gasteiger partial charge on any atom is 0.253 e. The molecular weight excluding hydrogens is 1390 g/mol. The lowest BCUT2D eigenvalue weighted by atomic mass is 10.1. The van der Waals surface area contributed by atoms with Gasteiger partial charge in [0.15, 0.2) is 0 Å². The van der Waals surface area contributed by atoms with E-state index in [9.17, 15) is 59.7 Å². The average Bonchev–Trinajstić information content (AvgIpc) is 3.11. The molecule has 53 heavy (non-hydrogen) atoms. The number of hydrogen-bond acceptors (Lipinski definition) is 13. The largest absolute Gasteiger partial charge is 0.394 e. The number of rotatable bonds is 18. The second-order valence-electron chi connectivity index (χ2n) is 10.8. The number of anilines is 1. The van der Waals surface area contributed by atoms with E-state index >= 15 is 0 Å². The van der Waals surface area contributed by atoms with E-state index in [0.717, 1.165) is 0 Å². The molecule has 5 atom stereocenters. The van der Waals surface area contributed by atoms with Crippen molar-refractivity contribution in [1.82, 2.24) is 21.3 Å². The van der Waals surface area contributed by atoms with Crippen LogP contribution < -0.4 is 26.6 Å². The molecule has 0 spiro atoms. The zero-order chi connectivity index (χ0) is 40.3. The Morgan fingerprint density at radius 3 is 1.36 bits per heavy atom. The van der Waals surface area contributed by atoms with Crippen LogP contribution in [0, 0.1) is 21.4 Å². The van der Waals surface area contributed by atoms with Crippen LogP contribution in [-0.4, -0.2) is 147 Å². The van der Waals surface area contributed by atoms with Gasteiger partial charge in [-0.25, -0.2) is 0 Å². The standard InChI is InChI=1S/C29H33I6N5O13/c30-10-1-11(31)18(21(32)17(10)26(50)36-2-9(46)4-41)27(51)37-3-16(49)40-25-23(34)19(28(52)38-12(5-42)14(47)7-44)22(33)20(24(25)35)29(53)39-13(6-43)15(48)8-45/h1,9,12-15,41-48H,2-8H2,(H,36,50)(H,37,51)(H,38,52)(H,39,53)(H,40,49). The van der Waals surface area contributed by atoms with Gasteiger partial charge in [0.05, 0.1) is 105 Å². The van der Waals surface area contributed by atoms with Gasteiger partial charge in [0.2, 0.25) is 5.91 Å². The van der Waals surface area contributed by atoms with Gasteiger partial charge < -0.3 is 67.4 Å². The average molecular weight is 1420 g/mol. The molecule has 2 aromatic carbocycles. The summed E-state index contributed by atoms with van der Waals surface area (Å²) in [5, 5.41) is 89.2. The van der Waals surface area contributed by atoms with Gasteiger partial charge in [-0.3, -0.25) is 24.0 Å². The lowest BCUT2D eigenvalue weighted by Gasteiger charge is -2.25. The number of amides is 5. The van der Waals surface area contributed by atoms with Crippen molar-refractivity contribution >= 4 is 171 Å². The third kappa shape index (κ3) is 12.9. The predicted octanol–water partition coefficient (Wildman–Crippen LogP) is -1.35. The van der Waals surface area contributed by atoms with Crippen LogP contribution in [0.3, 0.4) is 0 Å². The van der Waals surface area contributed by atoms with Crippen LogP contribution >= 0.6 is 136 Å². The van der Waals surface area contributed by atoms with Crippen molar-refractivity contribution in [3.05, 3.63) is 49.7 Å². The van der Waals surface area contributed by atoms with Crippen LogP contribution in [0.25, 0.3) is 0 Å². The van der Waals surface area contributed by atoms with E-state index in [2.05, 4.69) is 26.6 Å². The first-order chi connectivity index (χ1) is 24.9. The summed E-state index contributed by atoms with van der Waals surface area (Å²) < 4.78 is 1.42. The minimum Gasteiger partial charge on any atom is -0.394 e. The van der Waals surface area contributed by atoms with Crippen LogP contribution in [0.5, 0.6) is 0 Å². The minimum atomic E-state index is -1.55. The molecule has 0 bridgehead atoms. The molecule has 294 valence electrons. The number of halogens is 6. The number of aliphatic hydroxyl groups excluding tert-OH is 8. The molecule has 0 fully saturated rings. The molecule has 0 saturated carbocycles. The summed E-state index contributed by atoms with van der Waals surface area (Å²) in [7, 11) is 0.